The zero-order valence-corrected chi connectivity index (χ0v) is 12.7. The number of halogens is 2. The molecule has 0 aliphatic carbocycles. The molecule has 22 heavy (non-hydrogen) atoms. The van der Waals surface area contributed by atoms with Crippen LogP contribution in [0.3, 0.4) is 0 Å². The van der Waals surface area contributed by atoms with Crippen molar-refractivity contribution in [2.75, 3.05) is 18.6 Å². The van der Waals surface area contributed by atoms with E-state index < -0.39 is 17.4 Å². The molecule has 2 aromatic rings. The van der Waals surface area contributed by atoms with Gasteiger partial charge in [-0.3, -0.25) is 4.79 Å². The number of hydrogen-bond donors (Lipinski definition) is 1. The van der Waals surface area contributed by atoms with Crippen molar-refractivity contribution in [1.82, 2.24) is 9.97 Å². The highest BCUT2D eigenvalue weighted by Gasteiger charge is 2.21. The Morgan fingerprint density at radius 3 is 2.59 bits per heavy atom. The van der Waals surface area contributed by atoms with Gasteiger partial charge in [0.15, 0.2) is 16.8 Å². The second-order valence-electron chi connectivity index (χ2n) is 4.18. The lowest BCUT2D eigenvalue weighted by Gasteiger charge is -2.10. The molecular formula is C14H13F2N3O2S. The van der Waals surface area contributed by atoms with E-state index in [0.717, 1.165) is 17.9 Å². The standard InChI is InChI=1S/C14H13F2N3O2S/c1-3-22-14-18-6-8(13(17)19-14)12(20)7-4-9(15)10(16)5-11(7)21-2/h4-6H,3H2,1-2H3,(H2,17,18,19). The van der Waals surface area contributed by atoms with E-state index in [4.69, 9.17) is 10.5 Å². The van der Waals surface area contributed by atoms with Gasteiger partial charge in [-0.2, -0.15) is 0 Å². The van der Waals surface area contributed by atoms with Crippen LogP contribution in [0.1, 0.15) is 22.8 Å². The number of nitrogen functional groups attached to an aromatic ring is 1. The van der Waals surface area contributed by atoms with Crippen molar-refractivity contribution in [2.24, 2.45) is 0 Å². The molecule has 2 rings (SSSR count). The van der Waals surface area contributed by atoms with E-state index in [0.29, 0.717) is 5.16 Å². The second-order valence-corrected chi connectivity index (χ2v) is 5.41. The Hall–Kier alpha value is -2.22. The predicted molar refractivity (Wildman–Crippen MR) is 79.2 cm³/mol. The molecule has 0 fully saturated rings. The Morgan fingerprint density at radius 2 is 2.00 bits per heavy atom. The number of anilines is 1. The van der Waals surface area contributed by atoms with Crippen LogP contribution >= 0.6 is 11.8 Å². The van der Waals surface area contributed by atoms with Gasteiger partial charge in [-0.15, -0.1) is 0 Å². The van der Waals surface area contributed by atoms with Crippen LogP contribution in [0.2, 0.25) is 0 Å². The average molecular weight is 325 g/mol. The normalized spacial score (nSPS) is 10.5. The van der Waals surface area contributed by atoms with Crippen molar-refractivity contribution in [2.45, 2.75) is 12.1 Å². The van der Waals surface area contributed by atoms with E-state index >= 15 is 0 Å². The van der Waals surface area contributed by atoms with Crippen LogP contribution in [0.4, 0.5) is 14.6 Å². The van der Waals surface area contributed by atoms with E-state index in [1.165, 1.54) is 25.1 Å². The molecule has 0 atom stereocenters. The fraction of sp³-hybridized carbons (Fsp3) is 0.214. The summed E-state index contributed by atoms with van der Waals surface area (Å²) in [6.45, 7) is 1.93. The van der Waals surface area contributed by atoms with Gasteiger partial charge >= 0.3 is 0 Å². The van der Waals surface area contributed by atoms with Gasteiger partial charge in [-0.1, -0.05) is 18.7 Å². The number of nitrogens with two attached hydrogens (primary N) is 1. The summed E-state index contributed by atoms with van der Waals surface area (Å²) in [5, 5.41) is 0.439. The molecule has 0 radical (unpaired) electrons. The number of thioether (sulfide) groups is 1. The molecule has 2 N–H and O–H groups in total. The fourth-order valence-corrected chi connectivity index (χ4v) is 2.32. The van der Waals surface area contributed by atoms with E-state index in [-0.39, 0.29) is 22.7 Å². The number of aromatic nitrogens is 2. The molecule has 0 saturated carbocycles. The fourth-order valence-electron chi connectivity index (χ4n) is 1.77. The zero-order chi connectivity index (χ0) is 16.3. The third-order valence-corrected chi connectivity index (χ3v) is 3.54. The SMILES string of the molecule is CCSc1ncc(C(=O)c2cc(F)c(F)cc2OC)c(N)n1. The van der Waals surface area contributed by atoms with Gasteiger partial charge in [0.1, 0.15) is 11.6 Å². The summed E-state index contributed by atoms with van der Waals surface area (Å²) in [7, 11) is 1.25. The number of hydrogen-bond acceptors (Lipinski definition) is 6. The van der Waals surface area contributed by atoms with Crippen molar-refractivity contribution in [1.29, 1.82) is 0 Å². The minimum atomic E-state index is -1.15. The van der Waals surface area contributed by atoms with E-state index in [2.05, 4.69) is 9.97 Å². The van der Waals surface area contributed by atoms with Gasteiger partial charge < -0.3 is 10.5 Å². The molecule has 0 bridgehead atoms. The Kier molecular flexibility index (Phi) is 4.92. The maximum atomic E-state index is 13.4. The van der Waals surface area contributed by atoms with Crippen molar-refractivity contribution < 1.29 is 18.3 Å². The van der Waals surface area contributed by atoms with E-state index in [9.17, 15) is 13.6 Å². The lowest BCUT2D eigenvalue weighted by Crippen LogP contribution is -2.11. The molecule has 0 saturated heterocycles. The van der Waals surface area contributed by atoms with Crippen molar-refractivity contribution in [3.05, 3.63) is 41.1 Å². The largest absolute Gasteiger partial charge is 0.496 e. The first-order chi connectivity index (χ1) is 10.5. The third-order valence-electron chi connectivity index (χ3n) is 2.80. The number of methoxy groups -OCH3 is 1. The summed E-state index contributed by atoms with van der Waals surface area (Å²) in [5.74, 6) is -2.25. The minimum absolute atomic E-state index is 0.00441. The Labute approximate surface area is 129 Å². The van der Waals surface area contributed by atoms with Crippen LogP contribution in [0, 0.1) is 11.6 Å². The Balaban J connectivity index is 2.46. The molecule has 1 aromatic heterocycles. The molecular weight excluding hydrogens is 312 g/mol. The Morgan fingerprint density at radius 1 is 1.32 bits per heavy atom. The number of ketones is 1. The highest BCUT2D eigenvalue weighted by Crippen LogP contribution is 2.26. The molecule has 8 heteroatoms. The first-order valence-corrected chi connectivity index (χ1v) is 7.29. The third kappa shape index (κ3) is 3.16. The van der Waals surface area contributed by atoms with E-state index in [1.54, 1.807) is 0 Å². The van der Waals surface area contributed by atoms with Crippen LogP contribution in [-0.4, -0.2) is 28.6 Å². The van der Waals surface area contributed by atoms with Gasteiger partial charge in [0.25, 0.3) is 0 Å². The van der Waals surface area contributed by atoms with Gasteiger partial charge in [0, 0.05) is 12.3 Å². The van der Waals surface area contributed by atoms with Crippen LogP contribution < -0.4 is 10.5 Å². The lowest BCUT2D eigenvalue weighted by atomic mass is 10.0. The maximum absolute atomic E-state index is 13.4. The smallest absolute Gasteiger partial charge is 0.202 e. The lowest BCUT2D eigenvalue weighted by molar-refractivity contribution is 0.103. The molecule has 0 spiro atoms. The molecule has 116 valence electrons. The number of carbonyl (C=O) groups excluding carboxylic acids is 1. The van der Waals surface area contributed by atoms with Crippen LogP contribution in [0.15, 0.2) is 23.5 Å². The maximum Gasteiger partial charge on any atom is 0.202 e. The first-order valence-electron chi connectivity index (χ1n) is 6.31. The molecule has 0 amide bonds. The Bertz CT molecular complexity index is 725. The topological polar surface area (TPSA) is 78.1 Å². The number of rotatable bonds is 5. The van der Waals surface area contributed by atoms with Gasteiger partial charge in [0.05, 0.1) is 18.2 Å². The van der Waals surface area contributed by atoms with Gasteiger partial charge in [-0.05, 0) is 11.8 Å². The van der Waals surface area contributed by atoms with Crippen molar-refractivity contribution in [3.63, 3.8) is 0 Å². The van der Waals surface area contributed by atoms with E-state index in [1.807, 2.05) is 6.92 Å². The van der Waals surface area contributed by atoms with Crippen molar-refractivity contribution in [3.8, 4) is 5.75 Å². The monoisotopic (exact) mass is 325 g/mol. The molecule has 0 aliphatic rings. The van der Waals surface area contributed by atoms with Gasteiger partial charge in [0.2, 0.25) is 5.78 Å². The quantitative estimate of drug-likeness (QED) is 0.517. The summed E-state index contributed by atoms with van der Waals surface area (Å²) in [5.41, 5.74) is 5.61. The number of ether oxygens (including phenoxy) is 1. The minimum Gasteiger partial charge on any atom is -0.496 e. The summed E-state index contributed by atoms with van der Waals surface area (Å²) in [6.07, 6.45) is 1.27. The summed E-state index contributed by atoms with van der Waals surface area (Å²) < 4.78 is 31.5. The molecule has 0 aliphatic heterocycles. The summed E-state index contributed by atoms with van der Waals surface area (Å²) >= 11 is 1.37. The first kappa shape index (κ1) is 16.2. The summed E-state index contributed by atoms with van der Waals surface area (Å²) in [6, 6.07) is 1.57. The molecule has 1 aromatic carbocycles. The second kappa shape index (κ2) is 6.69. The average Bonchev–Trinajstić information content (AvgIpc) is 2.49. The van der Waals surface area contributed by atoms with Crippen LogP contribution in [0.5, 0.6) is 5.75 Å². The highest BCUT2D eigenvalue weighted by molar-refractivity contribution is 7.99. The number of nitrogens with zero attached hydrogens (tertiary/aromatic N) is 2. The van der Waals surface area contributed by atoms with Crippen LogP contribution in [0.25, 0.3) is 0 Å². The predicted octanol–water partition coefficient (Wildman–Crippen LogP) is 2.69. The zero-order valence-electron chi connectivity index (χ0n) is 11.9. The van der Waals surface area contributed by atoms with Crippen molar-refractivity contribution >= 4 is 23.4 Å². The molecule has 5 nitrogen and oxygen atoms in total. The van der Waals surface area contributed by atoms with Crippen LogP contribution in [-0.2, 0) is 0 Å². The van der Waals surface area contributed by atoms with Gasteiger partial charge in [-0.25, -0.2) is 18.7 Å². The highest BCUT2D eigenvalue weighted by atomic mass is 32.2. The number of carbonyl (C=O) groups is 1. The molecule has 1 heterocycles. The molecule has 0 unspecified atom stereocenters. The summed E-state index contributed by atoms with van der Waals surface area (Å²) in [4.78, 5) is 20.5. The number of benzene rings is 1.